The molecule has 0 radical (unpaired) electrons. The standard InChI is InChI=1S/C20H19N7O2/c1-2-3-9-29-18-13-25-17(12-26-18)20(28)27-14-6-8-22-15(10-14)11-24-16-5-4-7-23-19(16)21/h1,4-8,10,12-13,24H,3,9,11H2,(H2,21,23)(H,22,27,28). The molecule has 0 spiro atoms. The van der Waals surface area contributed by atoms with Crippen molar-refractivity contribution < 1.29 is 9.53 Å². The van der Waals surface area contributed by atoms with Crippen molar-refractivity contribution in [2.24, 2.45) is 0 Å². The molecule has 3 aromatic rings. The van der Waals surface area contributed by atoms with Crippen LogP contribution in [0.2, 0.25) is 0 Å². The topological polar surface area (TPSA) is 128 Å². The van der Waals surface area contributed by atoms with Crippen LogP contribution in [-0.4, -0.2) is 32.4 Å². The molecule has 0 aliphatic carbocycles. The maximum Gasteiger partial charge on any atom is 0.275 e. The van der Waals surface area contributed by atoms with Gasteiger partial charge in [0.2, 0.25) is 5.88 Å². The van der Waals surface area contributed by atoms with Crippen molar-refractivity contribution in [3.63, 3.8) is 0 Å². The van der Waals surface area contributed by atoms with Crippen molar-refractivity contribution >= 4 is 23.1 Å². The van der Waals surface area contributed by atoms with Crippen LogP contribution < -0.4 is 21.1 Å². The van der Waals surface area contributed by atoms with Crippen LogP contribution in [0, 0.1) is 12.3 Å². The molecule has 0 aliphatic rings. The Bertz CT molecular complexity index is 1020. The van der Waals surface area contributed by atoms with Gasteiger partial charge < -0.3 is 21.1 Å². The van der Waals surface area contributed by atoms with Gasteiger partial charge in [-0.15, -0.1) is 12.3 Å². The van der Waals surface area contributed by atoms with E-state index in [4.69, 9.17) is 16.9 Å². The number of nitrogens with two attached hydrogens (primary N) is 1. The van der Waals surface area contributed by atoms with E-state index in [1.54, 1.807) is 30.6 Å². The molecule has 0 saturated carbocycles. The number of aromatic nitrogens is 4. The molecule has 0 aliphatic heterocycles. The molecule has 3 aromatic heterocycles. The molecule has 9 nitrogen and oxygen atoms in total. The predicted molar refractivity (Wildman–Crippen MR) is 109 cm³/mol. The van der Waals surface area contributed by atoms with Crippen LogP contribution in [0.25, 0.3) is 0 Å². The van der Waals surface area contributed by atoms with Gasteiger partial charge in [-0.2, -0.15) is 0 Å². The molecule has 3 rings (SSSR count). The summed E-state index contributed by atoms with van der Waals surface area (Å²) >= 11 is 0. The molecule has 0 unspecified atom stereocenters. The molecule has 3 heterocycles. The van der Waals surface area contributed by atoms with Gasteiger partial charge in [0, 0.05) is 24.5 Å². The van der Waals surface area contributed by atoms with Crippen LogP contribution in [0.3, 0.4) is 0 Å². The Hall–Kier alpha value is -4.19. The minimum absolute atomic E-state index is 0.161. The third-order valence-corrected chi connectivity index (χ3v) is 3.73. The number of rotatable bonds is 8. The van der Waals surface area contributed by atoms with E-state index in [0.29, 0.717) is 42.6 Å². The first-order chi connectivity index (χ1) is 14.2. The van der Waals surface area contributed by atoms with Crippen LogP contribution in [0.5, 0.6) is 5.88 Å². The van der Waals surface area contributed by atoms with Gasteiger partial charge in [-0.1, -0.05) is 0 Å². The second-order valence-corrected chi connectivity index (χ2v) is 5.82. The lowest BCUT2D eigenvalue weighted by Gasteiger charge is -2.09. The zero-order valence-electron chi connectivity index (χ0n) is 15.5. The van der Waals surface area contributed by atoms with Crippen molar-refractivity contribution in [3.05, 3.63) is 60.4 Å². The van der Waals surface area contributed by atoms with Gasteiger partial charge >= 0.3 is 0 Å². The third kappa shape index (κ3) is 5.64. The van der Waals surface area contributed by atoms with Crippen LogP contribution in [0.1, 0.15) is 22.6 Å². The Morgan fingerprint density at radius 1 is 1.17 bits per heavy atom. The first-order valence-electron chi connectivity index (χ1n) is 8.74. The van der Waals surface area contributed by atoms with Crippen molar-refractivity contribution in [3.8, 4) is 18.2 Å². The SMILES string of the molecule is C#CCCOc1cnc(C(=O)Nc2ccnc(CNc3cccnc3N)c2)cn1. The highest BCUT2D eigenvalue weighted by Crippen LogP contribution is 2.16. The van der Waals surface area contributed by atoms with Crippen LogP contribution in [-0.2, 0) is 6.54 Å². The minimum atomic E-state index is -0.394. The highest BCUT2D eigenvalue weighted by atomic mass is 16.5. The molecular weight excluding hydrogens is 370 g/mol. The number of pyridine rings is 2. The number of nitrogens with zero attached hydrogens (tertiary/aromatic N) is 4. The highest BCUT2D eigenvalue weighted by Gasteiger charge is 2.10. The number of terminal acetylenes is 1. The Morgan fingerprint density at radius 2 is 2.07 bits per heavy atom. The maximum absolute atomic E-state index is 12.4. The smallest absolute Gasteiger partial charge is 0.275 e. The Kier molecular flexibility index (Phi) is 6.52. The van der Waals surface area contributed by atoms with E-state index >= 15 is 0 Å². The fourth-order valence-corrected chi connectivity index (χ4v) is 2.32. The first-order valence-corrected chi connectivity index (χ1v) is 8.74. The first kappa shape index (κ1) is 19.6. The fraction of sp³-hybridized carbons (Fsp3) is 0.150. The van der Waals surface area contributed by atoms with Gasteiger partial charge in [0.1, 0.15) is 18.1 Å². The number of anilines is 3. The third-order valence-electron chi connectivity index (χ3n) is 3.73. The van der Waals surface area contributed by atoms with Crippen molar-refractivity contribution in [1.82, 2.24) is 19.9 Å². The van der Waals surface area contributed by atoms with Gasteiger partial charge in [0.25, 0.3) is 5.91 Å². The largest absolute Gasteiger partial charge is 0.476 e. The number of nitrogens with one attached hydrogen (secondary N) is 2. The number of nitrogen functional groups attached to an aromatic ring is 1. The van der Waals surface area contributed by atoms with E-state index < -0.39 is 5.91 Å². The van der Waals surface area contributed by atoms with Gasteiger partial charge in [0.15, 0.2) is 0 Å². The maximum atomic E-state index is 12.4. The highest BCUT2D eigenvalue weighted by molar-refractivity contribution is 6.02. The summed E-state index contributed by atoms with van der Waals surface area (Å²) in [5.74, 6) is 2.78. The molecule has 29 heavy (non-hydrogen) atoms. The molecule has 9 heteroatoms. The Balaban J connectivity index is 1.58. The molecule has 4 N–H and O–H groups in total. The zero-order chi connectivity index (χ0) is 20.5. The monoisotopic (exact) mass is 389 g/mol. The molecule has 0 saturated heterocycles. The summed E-state index contributed by atoms with van der Waals surface area (Å²) in [4.78, 5) is 28.8. The summed E-state index contributed by atoms with van der Waals surface area (Å²) < 4.78 is 5.31. The van der Waals surface area contributed by atoms with E-state index in [2.05, 4.69) is 36.5 Å². The second-order valence-electron chi connectivity index (χ2n) is 5.82. The van der Waals surface area contributed by atoms with Crippen molar-refractivity contribution in [2.45, 2.75) is 13.0 Å². The van der Waals surface area contributed by atoms with E-state index in [0.717, 1.165) is 5.69 Å². The van der Waals surface area contributed by atoms with E-state index in [1.807, 2.05) is 6.07 Å². The van der Waals surface area contributed by atoms with Crippen LogP contribution in [0.15, 0.2) is 49.1 Å². The number of hydrogen-bond acceptors (Lipinski definition) is 8. The summed E-state index contributed by atoms with van der Waals surface area (Å²) in [6.45, 7) is 0.762. The molecule has 0 fully saturated rings. The lowest BCUT2D eigenvalue weighted by atomic mass is 10.3. The lowest BCUT2D eigenvalue weighted by molar-refractivity contribution is 0.102. The summed E-state index contributed by atoms with van der Waals surface area (Å²) in [7, 11) is 0. The molecule has 1 amide bonds. The van der Waals surface area contributed by atoms with Gasteiger partial charge in [0.05, 0.1) is 30.3 Å². The van der Waals surface area contributed by atoms with E-state index in [-0.39, 0.29) is 5.69 Å². The van der Waals surface area contributed by atoms with Gasteiger partial charge in [-0.05, 0) is 24.3 Å². The number of carbonyl (C=O) groups excluding carboxylic acids is 1. The van der Waals surface area contributed by atoms with Gasteiger partial charge in [-0.25, -0.2) is 15.0 Å². The number of carbonyl (C=O) groups is 1. The molecule has 0 atom stereocenters. The average Bonchev–Trinajstić information content (AvgIpc) is 2.74. The van der Waals surface area contributed by atoms with Crippen LogP contribution >= 0.6 is 0 Å². The molecule has 0 aromatic carbocycles. The fourth-order valence-electron chi connectivity index (χ4n) is 2.32. The van der Waals surface area contributed by atoms with Crippen molar-refractivity contribution in [1.29, 1.82) is 0 Å². The lowest BCUT2D eigenvalue weighted by Crippen LogP contribution is -2.15. The normalized spacial score (nSPS) is 10.0. The summed E-state index contributed by atoms with van der Waals surface area (Å²) in [6, 6.07) is 7.05. The Morgan fingerprint density at radius 3 is 2.83 bits per heavy atom. The van der Waals surface area contributed by atoms with Crippen molar-refractivity contribution in [2.75, 3.05) is 23.0 Å². The molecular formula is C20H19N7O2. The number of amides is 1. The molecule has 146 valence electrons. The molecule has 0 bridgehead atoms. The summed E-state index contributed by atoms with van der Waals surface area (Å²) in [5, 5.41) is 5.92. The second kappa shape index (κ2) is 9.66. The quantitative estimate of drug-likeness (QED) is 0.395. The average molecular weight is 389 g/mol. The predicted octanol–water partition coefficient (Wildman–Crippen LogP) is 2.12. The van der Waals surface area contributed by atoms with E-state index in [9.17, 15) is 4.79 Å². The zero-order valence-corrected chi connectivity index (χ0v) is 15.5. The summed E-state index contributed by atoms with van der Waals surface area (Å²) in [6.07, 6.45) is 11.6. The van der Waals surface area contributed by atoms with E-state index in [1.165, 1.54) is 12.4 Å². The number of hydrogen-bond donors (Lipinski definition) is 3. The summed E-state index contributed by atoms with van der Waals surface area (Å²) in [5.41, 5.74) is 7.98. The number of ether oxygens (including phenoxy) is 1. The minimum Gasteiger partial charge on any atom is -0.476 e. The van der Waals surface area contributed by atoms with Gasteiger partial charge in [-0.3, -0.25) is 9.78 Å². The Labute approximate surface area is 167 Å². The van der Waals surface area contributed by atoms with Crippen LogP contribution in [0.4, 0.5) is 17.2 Å².